The van der Waals surface area contributed by atoms with Crippen molar-refractivity contribution in [3.8, 4) is 5.75 Å². The van der Waals surface area contributed by atoms with Gasteiger partial charge in [-0.1, -0.05) is 25.1 Å². The van der Waals surface area contributed by atoms with Gasteiger partial charge in [-0.2, -0.15) is 0 Å². The lowest BCUT2D eigenvalue weighted by atomic mass is 10.1. The molecule has 1 atom stereocenters. The van der Waals surface area contributed by atoms with E-state index in [0.717, 1.165) is 30.8 Å². The lowest BCUT2D eigenvalue weighted by Crippen LogP contribution is -1.98. The Morgan fingerprint density at radius 2 is 2.17 bits per heavy atom. The molecule has 1 nitrogen and oxygen atoms in total. The summed E-state index contributed by atoms with van der Waals surface area (Å²) in [7, 11) is 0. The van der Waals surface area contributed by atoms with Gasteiger partial charge in [0.05, 0.1) is 12.0 Å². The Hall–Kier alpha value is -0.990. The minimum absolute atomic E-state index is 0.00817. The standard InChI is InChI=1S/C15H17ClOS/c1-2-8-17-13-6-3-5-12(10-13)15(16)11-14-7-4-9-18-14/h3-7,9-10,15H,2,8,11H2,1H3. The molecule has 18 heavy (non-hydrogen) atoms. The minimum atomic E-state index is 0.00817. The van der Waals surface area contributed by atoms with Crippen molar-refractivity contribution in [2.45, 2.75) is 25.1 Å². The molecule has 0 aliphatic rings. The van der Waals surface area contributed by atoms with Gasteiger partial charge in [0.15, 0.2) is 0 Å². The SMILES string of the molecule is CCCOc1cccc(C(Cl)Cc2cccs2)c1. The van der Waals surface area contributed by atoms with Crippen LogP contribution in [0, 0.1) is 0 Å². The minimum Gasteiger partial charge on any atom is -0.494 e. The highest BCUT2D eigenvalue weighted by molar-refractivity contribution is 7.09. The summed E-state index contributed by atoms with van der Waals surface area (Å²) in [6, 6.07) is 12.3. The zero-order valence-electron chi connectivity index (χ0n) is 10.4. The number of halogens is 1. The largest absolute Gasteiger partial charge is 0.494 e. The second-order valence-electron chi connectivity index (χ2n) is 4.17. The summed E-state index contributed by atoms with van der Waals surface area (Å²) in [5, 5.41) is 2.09. The van der Waals surface area contributed by atoms with Crippen LogP contribution in [0.1, 0.15) is 29.2 Å². The maximum atomic E-state index is 6.45. The zero-order chi connectivity index (χ0) is 12.8. The van der Waals surface area contributed by atoms with Gasteiger partial charge in [-0.05, 0) is 35.6 Å². The first kappa shape index (κ1) is 13.4. The molecule has 0 saturated carbocycles. The van der Waals surface area contributed by atoms with Crippen molar-refractivity contribution < 1.29 is 4.74 Å². The molecule has 0 amide bonds. The molecule has 0 aliphatic carbocycles. The second-order valence-corrected chi connectivity index (χ2v) is 5.73. The first-order chi connectivity index (χ1) is 8.79. The average molecular weight is 281 g/mol. The van der Waals surface area contributed by atoms with E-state index in [0.29, 0.717) is 0 Å². The van der Waals surface area contributed by atoms with Crippen LogP contribution in [0.4, 0.5) is 0 Å². The van der Waals surface area contributed by atoms with E-state index < -0.39 is 0 Å². The van der Waals surface area contributed by atoms with Crippen LogP contribution in [0.5, 0.6) is 5.75 Å². The molecule has 0 fully saturated rings. The third-order valence-electron chi connectivity index (χ3n) is 2.65. The fourth-order valence-electron chi connectivity index (χ4n) is 1.74. The monoisotopic (exact) mass is 280 g/mol. The zero-order valence-corrected chi connectivity index (χ0v) is 12.0. The van der Waals surface area contributed by atoms with Crippen LogP contribution >= 0.6 is 22.9 Å². The van der Waals surface area contributed by atoms with Crippen LogP contribution in [-0.4, -0.2) is 6.61 Å². The highest BCUT2D eigenvalue weighted by Gasteiger charge is 2.10. The van der Waals surface area contributed by atoms with Crippen molar-refractivity contribution in [1.29, 1.82) is 0 Å². The normalized spacial score (nSPS) is 12.3. The number of thiophene rings is 1. The maximum Gasteiger partial charge on any atom is 0.119 e. The van der Waals surface area contributed by atoms with Gasteiger partial charge in [-0.15, -0.1) is 22.9 Å². The van der Waals surface area contributed by atoms with Gasteiger partial charge >= 0.3 is 0 Å². The quantitative estimate of drug-likeness (QED) is 0.672. The van der Waals surface area contributed by atoms with Crippen molar-refractivity contribution >= 4 is 22.9 Å². The molecule has 0 bridgehead atoms. The molecule has 1 unspecified atom stereocenters. The van der Waals surface area contributed by atoms with Crippen molar-refractivity contribution in [3.63, 3.8) is 0 Å². The van der Waals surface area contributed by atoms with E-state index in [-0.39, 0.29) is 5.38 Å². The Morgan fingerprint density at radius 1 is 1.28 bits per heavy atom. The molecule has 0 spiro atoms. The van der Waals surface area contributed by atoms with Gasteiger partial charge < -0.3 is 4.74 Å². The summed E-state index contributed by atoms with van der Waals surface area (Å²) in [5.74, 6) is 0.908. The first-order valence-corrected chi connectivity index (χ1v) is 7.50. The molecular formula is C15H17ClOS. The van der Waals surface area contributed by atoms with Crippen LogP contribution in [0.25, 0.3) is 0 Å². The molecule has 2 aromatic rings. The molecular weight excluding hydrogens is 264 g/mol. The van der Waals surface area contributed by atoms with E-state index in [4.69, 9.17) is 16.3 Å². The van der Waals surface area contributed by atoms with Gasteiger partial charge in [0.2, 0.25) is 0 Å². The number of rotatable bonds is 6. The number of hydrogen-bond donors (Lipinski definition) is 0. The topological polar surface area (TPSA) is 9.23 Å². The number of benzene rings is 1. The summed E-state index contributed by atoms with van der Waals surface area (Å²) in [5.41, 5.74) is 1.12. The second kappa shape index (κ2) is 6.81. The number of alkyl halides is 1. The van der Waals surface area contributed by atoms with Crippen LogP contribution in [0.2, 0.25) is 0 Å². The Labute approximate surface area is 117 Å². The summed E-state index contributed by atoms with van der Waals surface area (Å²) in [4.78, 5) is 1.31. The molecule has 1 aromatic heterocycles. The Kier molecular flexibility index (Phi) is 5.09. The molecule has 0 N–H and O–H groups in total. The molecule has 0 saturated heterocycles. The van der Waals surface area contributed by atoms with Crippen molar-refractivity contribution in [2.75, 3.05) is 6.61 Å². The molecule has 0 aliphatic heterocycles. The Morgan fingerprint density at radius 3 is 2.89 bits per heavy atom. The number of ether oxygens (including phenoxy) is 1. The fraction of sp³-hybridized carbons (Fsp3) is 0.333. The van der Waals surface area contributed by atoms with E-state index in [1.807, 2.05) is 18.2 Å². The predicted molar refractivity (Wildman–Crippen MR) is 78.8 cm³/mol. The van der Waals surface area contributed by atoms with E-state index >= 15 is 0 Å². The molecule has 96 valence electrons. The predicted octanol–water partition coefficient (Wildman–Crippen LogP) is 5.06. The Bertz CT molecular complexity index is 467. The third-order valence-corrected chi connectivity index (χ3v) is 3.96. The lowest BCUT2D eigenvalue weighted by molar-refractivity contribution is 0.317. The highest BCUT2D eigenvalue weighted by Crippen LogP contribution is 2.29. The maximum absolute atomic E-state index is 6.45. The van der Waals surface area contributed by atoms with Crippen molar-refractivity contribution in [3.05, 3.63) is 52.2 Å². The van der Waals surface area contributed by atoms with Crippen LogP contribution in [-0.2, 0) is 6.42 Å². The third kappa shape index (κ3) is 3.76. The molecule has 0 radical (unpaired) electrons. The van der Waals surface area contributed by atoms with Gasteiger partial charge in [0.25, 0.3) is 0 Å². The Balaban J connectivity index is 2.03. The summed E-state index contributed by atoms with van der Waals surface area (Å²) < 4.78 is 5.63. The van der Waals surface area contributed by atoms with E-state index in [1.165, 1.54) is 4.88 Å². The molecule has 1 aromatic carbocycles. The number of hydrogen-bond acceptors (Lipinski definition) is 2. The van der Waals surface area contributed by atoms with Crippen LogP contribution in [0.15, 0.2) is 41.8 Å². The average Bonchev–Trinajstić information content (AvgIpc) is 2.89. The van der Waals surface area contributed by atoms with Crippen molar-refractivity contribution in [2.24, 2.45) is 0 Å². The van der Waals surface area contributed by atoms with E-state index in [2.05, 4.69) is 30.5 Å². The van der Waals surface area contributed by atoms with E-state index in [9.17, 15) is 0 Å². The smallest absolute Gasteiger partial charge is 0.119 e. The highest BCUT2D eigenvalue weighted by atomic mass is 35.5. The van der Waals surface area contributed by atoms with Gasteiger partial charge in [-0.25, -0.2) is 0 Å². The summed E-state index contributed by atoms with van der Waals surface area (Å²) in [6.45, 7) is 2.85. The summed E-state index contributed by atoms with van der Waals surface area (Å²) >= 11 is 8.20. The van der Waals surface area contributed by atoms with Crippen LogP contribution < -0.4 is 4.74 Å². The van der Waals surface area contributed by atoms with E-state index in [1.54, 1.807) is 11.3 Å². The van der Waals surface area contributed by atoms with Gasteiger partial charge in [0, 0.05) is 11.3 Å². The van der Waals surface area contributed by atoms with Gasteiger partial charge in [-0.3, -0.25) is 0 Å². The van der Waals surface area contributed by atoms with Gasteiger partial charge in [0.1, 0.15) is 5.75 Å². The molecule has 2 rings (SSSR count). The summed E-state index contributed by atoms with van der Waals surface area (Å²) in [6.07, 6.45) is 1.89. The fourth-order valence-corrected chi connectivity index (χ4v) is 2.89. The molecule has 3 heteroatoms. The van der Waals surface area contributed by atoms with Crippen LogP contribution in [0.3, 0.4) is 0 Å². The molecule has 1 heterocycles. The lowest BCUT2D eigenvalue weighted by Gasteiger charge is -2.11. The van der Waals surface area contributed by atoms with Crippen molar-refractivity contribution in [1.82, 2.24) is 0 Å². The first-order valence-electron chi connectivity index (χ1n) is 6.19.